The number of rotatable bonds is 1. The van der Waals surface area contributed by atoms with Gasteiger partial charge in [-0.2, -0.15) is 0 Å². The summed E-state index contributed by atoms with van der Waals surface area (Å²) in [6.45, 7) is 4.75. The van der Waals surface area contributed by atoms with Gasteiger partial charge in [-0.1, -0.05) is 111 Å². The highest BCUT2D eigenvalue weighted by Crippen LogP contribution is 2.53. The van der Waals surface area contributed by atoms with Crippen LogP contribution in [0.1, 0.15) is 25.0 Å². The molecule has 0 heterocycles. The van der Waals surface area contributed by atoms with E-state index in [0.29, 0.717) is 0 Å². The predicted molar refractivity (Wildman–Crippen MR) is 149 cm³/mol. The summed E-state index contributed by atoms with van der Waals surface area (Å²) in [5, 5.41) is 5.40. The van der Waals surface area contributed by atoms with E-state index < -0.39 is 0 Å². The van der Waals surface area contributed by atoms with Crippen molar-refractivity contribution in [2.45, 2.75) is 19.3 Å². The lowest BCUT2D eigenvalue weighted by atomic mass is 9.79. The van der Waals surface area contributed by atoms with E-state index in [2.05, 4.69) is 123 Å². The van der Waals surface area contributed by atoms with Crippen molar-refractivity contribution in [3.05, 3.63) is 120 Å². The maximum absolute atomic E-state index is 2.42. The van der Waals surface area contributed by atoms with Gasteiger partial charge in [-0.15, -0.1) is 0 Å². The lowest BCUT2D eigenvalue weighted by molar-refractivity contribution is 0.666. The minimum atomic E-state index is -0.0185. The smallest absolute Gasteiger partial charge is 0.0165 e. The van der Waals surface area contributed by atoms with E-state index in [1.165, 1.54) is 77.2 Å². The third-order valence-electron chi connectivity index (χ3n) is 8.37. The van der Waals surface area contributed by atoms with Crippen LogP contribution in [-0.2, 0) is 5.41 Å². The molecule has 0 saturated carbocycles. The summed E-state index contributed by atoms with van der Waals surface area (Å²) in [5.41, 5.74) is 13.6. The van der Waals surface area contributed by atoms with Gasteiger partial charge in [0.25, 0.3) is 0 Å². The molecule has 0 atom stereocenters. The first kappa shape index (κ1) is 19.2. The SMILES string of the molecule is CC1(C)c2ccccc2-c2ccc3c(-c4cc5c6c(cccc6c4)-c4ccccc4-5)cccc3c21. The first-order chi connectivity index (χ1) is 17.1. The molecular formula is C35H24. The minimum Gasteiger partial charge on any atom is -0.0619 e. The molecule has 0 aromatic heterocycles. The van der Waals surface area contributed by atoms with E-state index in [1.54, 1.807) is 0 Å². The Morgan fingerprint density at radius 1 is 0.457 bits per heavy atom. The van der Waals surface area contributed by atoms with E-state index in [4.69, 9.17) is 0 Å². The largest absolute Gasteiger partial charge is 0.0619 e. The van der Waals surface area contributed by atoms with Crippen LogP contribution in [0.4, 0.5) is 0 Å². The number of hydrogen-bond acceptors (Lipinski definition) is 0. The molecule has 8 rings (SSSR count). The Labute approximate surface area is 205 Å². The predicted octanol–water partition coefficient (Wildman–Crippen LogP) is 9.61. The second-order valence-corrected chi connectivity index (χ2v) is 10.5. The summed E-state index contributed by atoms with van der Waals surface area (Å²) in [7, 11) is 0. The van der Waals surface area contributed by atoms with Gasteiger partial charge in [0.2, 0.25) is 0 Å². The van der Waals surface area contributed by atoms with E-state index in [1.807, 2.05) is 0 Å². The van der Waals surface area contributed by atoms with Crippen LogP contribution in [-0.4, -0.2) is 0 Å². The van der Waals surface area contributed by atoms with Crippen LogP contribution < -0.4 is 0 Å². The molecule has 0 radical (unpaired) electrons. The van der Waals surface area contributed by atoms with Gasteiger partial charge in [-0.05, 0) is 89.3 Å². The maximum atomic E-state index is 2.42. The highest BCUT2D eigenvalue weighted by Gasteiger charge is 2.36. The molecule has 6 aromatic carbocycles. The maximum Gasteiger partial charge on any atom is 0.0165 e. The molecule has 0 amide bonds. The zero-order valence-corrected chi connectivity index (χ0v) is 19.9. The van der Waals surface area contributed by atoms with Crippen molar-refractivity contribution in [1.29, 1.82) is 0 Å². The third-order valence-corrected chi connectivity index (χ3v) is 8.37. The highest BCUT2D eigenvalue weighted by molar-refractivity contribution is 6.17. The van der Waals surface area contributed by atoms with E-state index >= 15 is 0 Å². The molecule has 0 heteroatoms. The van der Waals surface area contributed by atoms with Crippen LogP contribution in [0, 0.1) is 0 Å². The Morgan fingerprint density at radius 3 is 2.00 bits per heavy atom. The second-order valence-electron chi connectivity index (χ2n) is 10.5. The van der Waals surface area contributed by atoms with Crippen LogP contribution in [0.25, 0.3) is 66.1 Å². The summed E-state index contributed by atoms with van der Waals surface area (Å²) in [6, 6.07) is 40.8. The van der Waals surface area contributed by atoms with E-state index in [0.717, 1.165) is 0 Å². The average molecular weight is 445 g/mol. The molecule has 0 unspecified atom stereocenters. The zero-order valence-electron chi connectivity index (χ0n) is 19.9. The van der Waals surface area contributed by atoms with Gasteiger partial charge in [0, 0.05) is 5.41 Å². The molecule has 2 aliphatic carbocycles. The fourth-order valence-corrected chi connectivity index (χ4v) is 6.88. The monoisotopic (exact) mass is 444 g/mol. The minimum absolute atomic E-state index is 0.0185. The van der Waals surface area contributed by atoms with Crippen molar-refractivity contribution in [3.8, 4) is 44.5 Å². The van der Waals surface area contributed by atoms with Gasteiger partial charge in [-0.25, -0.2) is 0 Å². The molecule has 0 aliphatic heterocycles. The Morgan fingerprint density at radius 2 is 1.14 bits per heavy atom. The van der Waals surface area contributed by atoms with Crippen molar-refractivity contribution in [2.75, 3.05) is 0 Å². The summed E-state index contributed by atoms with van der Waals surface area (Å²) >= 11 is 0. The summed E-state index contributed by atoms with van der Waals surface area (Å²) < 4.78 is 0. The summed E-state index contributed by atoms with van der Waals surface area (Å²) in [5.74, 6) is 0. The van der Waals surface area contributed by atoms with E-state index in [-0.39, 0.29) is 5.41 Å². The topological polar surface area (TPSA) is 0 Å². The molecule has 164 valence electrons. The Bertz CT molecular complexity index is 1870. The molecule has 0 spiro atoms. The van der Waals surface area contributed by atoms with Gasteiger partial charge >= 0.3 is 0 Å². The first-order valence-corrected chi connectivity index (χ1v) is 12.5. The molecule has 6 aromatic rings. The van der Waals surface area contributed by atoms with Crippen LogP contribution in [0.15, 0.2) is 109 Å². The van der Waals surface area contributed by atoms with Crippen LogP contribution in [0.2, 0.25) is 0 Å². The molecule has 0 N–H and O–H groups in total. The highest BCUT2D eigenvalue weighted by atomic mass is 14.4. The molecule has 0 nitrogen and oxygen atoms in total. The van der Waals surface area contributed by atoms with Crippen LogP contribution in [0.3, 0.4) is 0 Å². The van der Waals surface area contributed by atoms with Crippen LogP contribution in [0.5, 0.6) is 0 Å². The number of fused-ring (bicyclic) bond motifs is 8. The molecule has 35 heavy (non-hydrogen) atoms. The van der Waals surface area contributed by atoms with E-state index in [9.17, 15) is 0 Å². The van der Waals surface area contributed by atoms with Crippen molar-refractivity contribution in [3.63, 3.8) is 0 Å². The standard InChI is InChI=1S/C35H24/c1-35(2)32-16-6-5-12-27(32)30-18-17-26-23(13-8-15-29(26)34(30)35)22-19-21-9-7-14-28-24-10-3-4-11-25(24)31(20-22)33(21)28/h3-20H,1-2H3. The zero-order chi connectivity index (χ0) is 23.3. The third kappa shape index (κ3) is 2.37. The Balaban J connectivity index is 1.42. The molecule has 2 aliphatic rings. The average Bonchev–Trinajstić information content (AvgIpc) is 3.34. The number of hydrogen-bond donors (Lipinski definition) is 0. The second kappa shape index (κ2) is 6.49. The van der Waals surface area contributed by atoms with Gasteiger partial charge in [-0.3, -0.25) is 0 Å². The molecular weight excluding hydrogens is 420 g/mol. The van der Waals surface area contributed by atoms with Gasteiger partial charge in [0.15, 0.2) is 0 Å². The Kier molecular flexibility index (Phi) is 3.56. The fraction of sp³-hybridized carbons (Fsp3) is 0.0857. The van der Waals surface area contributed by atoms with Crippen LogP contribution >= 0.6 is 0 Å². The van der Waals surface area contributed by atoms with Crippen molar-refractivity contribution >= 4 is 21.5 Å². The molecule has 0 fully saturated rings. The van der Waals surface area contributed by atoms with Gasteiger partial charge < -0.3 is 0 Å². The van der Waals surface area contributed by atoms with Crippen molar-refractivity contribution < 1.29 is 0 Å². The summed E-state index contributed by atoms with van der Waals surface area (Å²) in [6.07, 6.45) is 0. The quantitative estimate of drug-likeness (QED) is 0.236. The first-order valence-electron chi connectivity index (χ1n) is 12.5. The van der Waals surface area contributed by atoms with Crippen molar-refractivity contribution in [1.82, 2.24) is 0 Å². The van der Waals surface area contributed by atoms with Gasteiger partial charge in [0.05, 0.1) is 0 Å². The molecule has 0 bridgehead atoms. The number of benzene rings is 6. The lowest BCUT2D eigenvalue weighted by Gasteiger charge is -2.23. The molecule has 0 saturated heterocycles. The fourth-order valence-electron chi connectivity index (χ4n) is 6.88. The van der Waals surface area contributed by atoms with Crippen molar-refractivity contribution in [2.24, 2.45) is 0 Å². The normalized spacial score (nSPS) is 14.2. The van der Waals surface area contributed by atoms with Gasteiger partial charge in [0.1, 0.15) is 0 Å². The lowest BCUT2D eigenvalue weighted by Crippen LogP contribution is -2.15. The Hall–Kier alpha value is -4.16. The summed E-state index contributed by atoms with van der Waals surface area (Å²) in [4.78, 5) is 0.